The molecular weight excluding hydrogens is 279 g/mol. The van der Waals surface area contributed by atoms with E-state index in [1.165, 1.54) is 0 Å². The fourth-order valence-electron chi connectivity index (χ4n) is 2.20. The van der Waals surface area contributed by atoms with Crippen molar-refractivity contribution in [1.29, 1.82) is 0 Å². The molecule has 0 saturated carbocycles. The SMILES string of the molecule is CN(C[C@@H]1CCCN1)c1ncc(C(F)(F)F)cc1Cl. The minimum atomic E-state index is -4.42. The molecule has 0 aliphatic carbocycles. The molecule has 1 N–H and O–H groups in total. The van der Waals surface area contributed by atoms with E-state index < -0.39 is 11.7 Å². The minimum absolute atomic E-state index is 0.0234. The topological polar surface area (TPSA) is 28.2 Å². The zero-order valence-corrected chi connectivity index (χ0v) is 11.2. The van der Waals surface area contributed by atoms with E-state index in [2.05, 4.69) is 10.3 Å². The molecule has 0 aromatic carbocycles. The van der Waals surface area contributed by atoms with Gasteiger partial charge in [0.25, 0.3) is 0 Å². The lowest BCUT2D eigenvalue weighted by Gasteiger charge is -2.23. The zero-order valence-electron chi connectivity index (χ0n) is 10.5. The van der Waals surface area contributed by atoms with Crippen molar-refractivity contribution in [2.24, 2.45) is 0 Å². The standard InChI is InChI=1S/C12H15ClF3N3/c1-19(7-9-3-2-4-17-9)11-10(13)5-8(6-18-11)12(14,15)16/h5-6,9,17H,2-4,7H2,1H3/t9-/m0/s1. The molecule has 1 atom stereocenters. The minimum Gasteiger partial charge on any atom is -0.357 e. The highest BCUT2D eigenvalue weighted by atomic mass is 35.5. The average Bonchev–Trinajstić information content (AvgIpc) is 2.80. The second-order valence-corrected chi connectivity index (χ2v) is 5.11. The molecule has 106 valence electrons. The number of hydrogen-bond donors (Lipinski definition) is 1. The zero-order chi connectivity index (χ0) is 14.0. The van der Waals surface area contributed by atoms with Gasteiger partial charge in [0, 0.05) is 25.8 Å². The summed E-state index contributed by atoms with van der Waals surface area (Å²) in [6.45, 7) is 1.66. The molecule has 1 fully saturated rings. The van der Waals surface area contributed by atoms with Crippen molar-refractivity contribution in [3.63, 3.8) is 0 Å². The second-order valence-electron chi connectivity index (χ2n) is 4.70. The van der Waals surface area contributed by atoms with Gasteiger partial charge in [-0.15, -0.1) is 0 Å². The van der Waals surface area contributed by atoms with E-state index >= 15 is 0 Å². The van der Waals surface area contributed by atoms with Crippen molar-refractivity contribution in [3.05, 3.63) is 22.8 Å². The Morgan fingerprint density at radius 3 is 2.79 bits per heavy atom. The maximum atomic E-state index is 12.5. The molecule has 1 aromatic rings. The van der Waals surface area contributed by atoms with E-state index in [-0.39, 0.29) is 5.02 Å². The predicted molar refractivity (Wildman–Crippen MR) is 68.5 cm³/mol. The average molecular weight is 294 g/mol. The van der Waals surface area contributed by atoms with Crippen LogP contribution >= 0.6 is 11.6 Å². The van der Waals surface area contributed by atoms with E-state index in [0.717, 1.165) is 31.6 Å². The lowest BCUT2D eigenvalue weighted by Crippen LogP contribution is -2.35. The molecule has 2 rings (SSSR count). The van der Waals surface area contributed by atoms with Crippen LogP contribution in [0.1, 0.15) is 18.4 Å². The number of anilines is 1. The summed E-state index contributed by atoms with van der Waals surface area (Å²) in [7, 11) is 1.78. The van der Waals surface area contributed by atoms with Gasteiger partial charge in [-0.3, -0.25) is 0 Å². The molecule has 1 aliphatic rings. The van der Waals surface area contributed by atoms with Gasteiger partial charge in [0.05, 0.1) is 10.6 Å². The molecule has 7 heteroatoms. The van der Waals surface area contributed by atoms with Crippen LogP contribution in [0.3, 0.4) is 0 Å². The molecule has 1 saturated heterocycles. The third kappa shape index (κ3) is 3.51. The number of nitrogens with one attached hydrogen (secondary N) is 1. The lowest BCUT2D eigenvalue weighted by molar-refractivity contribution is -0.137. The Balaban J connectivity index is 2.11. The van der Waals surface area contributed by atoms with Crippen molar-refractivity contribution < 1.29 is 13.2 Å². The largest absolute Gasteiger partial charge is 0.417 e. The van der Waals surface area contributed by atoms with Gasteiger partial charge < -0.3 is 10.2 Å². The maximum Gasteiger partial charge on any atom is 0.417 e. The van der Waals surface area contributed by atoms with Crippen molar-refractivity contribution in [2.75, 3.05) is 25.0 Å². The molecule has 1 aromatic heterocycles. The number of alkyl halides is 3. The molecule has 1 aliphatic heterocycles. The Bertz CT molecular complexity index is 444. The van der Waals surface area contributed by atoms with Gasteiger partial charge in [-0.25, -0.2) is 4.98 Å². The number of likely N-dealkylation sites (N-methyl/N-ethyl adjacent to an activating group) is 1. The summed E-state index contributed by atoms with van der Waals surface area (Å²) < 4.78 is 37.5. The number of hydrogen-bond acceptors (Lipinski definition) is 3. The summed E-state index contributed by atoms with van der Waals surface area (Å²) in [5.74, 6) is 0.378. The molecule has 0 amide bonds. The van der Waals surface area contributed by atoms with Crippen LogP contribution in [0.4, 0.5) is 19.0 Å². The molecule has 0 bridgehead atoms. The first-order chi connectivity index (χ1) is 8.88. The van der Waals surface area contributed by atoms with Crippen LogP contribution in [0.5, 0.6) is 0 Å². The molecular formula is C12H15ClF3N3. The summed E-state index contributed by atoms with van der Waals surface area (Å²) in [5, 5.41) is 3.34. The summed E-state index contributed by atoms with van der Waals surface area (Å²) in [6, 6.07) is 1.26. The smallest absolute Gasteiger partial charge is 0.357 e. The highest BCUT2D eigenvalue weighted by Crippen LogP contribution is 2.33. The van der Waals surface area contributed by atoms with E-state index in [9.17, 15) is 13.2 Å². The highest BCUT2D eigenvalue weighted by Gasteiger charge is 2.32. The monoisotopic (exact) mass is 293 g/mol. The van der Waals surface area contributed by atoms with Crippen LogP contribution in [0.25, 0.3) is 0 Å². The van der Waals surface area contributed by atoms with E-state index in [4.69, 9.17) is 11.6 Å². The summed E-state index contributed by atoms with van der Waals surface area (Å²) in [6.07, 6.45) is -1.42. The molecule has 0 spiro atoms. The summed E-state index contributed by atoms with van der Waals surface area (Å²) in [4.78, 5) is 5.62. The number of nitrogens with zero attached hydrogens (tertiary/aromatic N) is 2. The van der Waals surface area contributed by atoms with Crippen molar-refractivity contribution in [1.82, 2.24) is 10.3 Å². The maximum absolute atomic E-state index is 12.5. The Morgan fingerprint density at radius 2 is 2.26 bits per heavy atom. The van der Waals surface area contributed by atoms with Gasteiger partial charge in [0.1, 0.15) is 5.82 Å². The van der Waals surface area contributed by atoms with E-state index in [1.54, 1.807) is 11.9 Å². The van der Waals surface area contributed by atoms with Crippen LogP contribution in [0.15, 0.2) is 12.3 Å². The normalized spacial score (nSPS) is 19.7. The molecule has 19 heavy (non-hydrogen) atoms. The van der Waals surface area contributed by atoms with Crippen molar-refractivity contribution in [2.45, 2.75) is 25.1 Å². The molecule has 2 heterocycles. The fraction of sp³-hybridized carbons (Fsp3) is 0.583. The van der Waals surface area contributed by atoms with Gasteiger partial charge in [-0.2, -0.15) is 13.2 Å². The third-order valence-electron chi connectivity index (χ3n) is 3.17. The summed E-state index contributed by atoms with van der Waals surface area (Å²) >= 11 is 5.89. The van der Waals surface area contributed by atoms with Gasteiger partial charge in [-0.05, 0) is 25.5 Å². The van der Waals surface area contributed by atoms with Gasteiger partial charge in [0.2, 0.25) is 0 Å². The Labute approximate surface area is 114 Å². The second kappa shape index (κ2) is 5.54. The predicted octanol–water partition coefficient (Wildman–Crippen LogP) is 2.94. The lowest BCUT2D eigenvalue weighted by atomic mass is 10.2. The van der Waals surface area contributed by atoms with Crippen molar-refractivity contribution >= 4 is 17.4 Å². The van der Waals surface area contributed by atoms with Crippen LogP contribution < -0.4 is 10.2 Å². The summed E-state index contributed by atoms with van der Waals surface area (Å²) in [5.41, 5.74) is -0.825. The van der Waals surface area contributed by atoms with Crippen LogP contribution in [0.2, 0.25) is 5.02 Å². The quantitative estimate of drug-likeness (QED) is 0.929. The van der Waals surface area contributed by atoms with E-state index in [0.29, 0.717) is 18.4 Å². The number of halogens is 4. The van der Waals surface area contributed by atoms with Crippen molar-refractivity contribution in [3.8, 4) is 0 Å². The highest BCUT2D eigenvalue weighted by molar-refractivity contribution is 6.33. The van der Waals surface area contributed by atoms with Gasteiger partial charge in [0.15, 0.2) is 0 Å². The van der Waals surface area contributed by atoms with Crippen LogP contribution in [-0.2, 0) is 6.18 Å². The number of aromatic nitrogens is 1. The first-order valence-electron chi connectivity index (χ1n) is 6.05. The number of rotatable bonds is 3. The number of pyridine rings is 1. The van der Waals surface area contributed by atoms with Gasteiger partial charge >= 0.3 is 6.18 Å². The van der Waals surface area contributed by atoms with Gasteiger partial charge in [-0.1, -0.05) is 11.6 Å². The first-order valence-corrected chi connectivity index (χ1v) is 6.43. The first kappa shape index (κ1) is 14.4. The van der Waals surface area contributed by atoms with Crippen LogP contribution in [0, 0.1) is 0 Å². The molecule has 3 nitrogen and oxygen atoms in total. The fourth-order valence-corrected chi connectivity index (χ4v) is 2.51. The molecule has 0 radical (unpaired) electrons. The Kier molecular flexibility index (Phi) is 4.20. The molecule has 0 unspecified atom stereocenters. The van der Waals surface area contributed by atoms with E-state index in [1.807, 2.05) is 0 Å². The van der Waals surface area contributed by atoms with Crippen LogP contribution in [-0.4, -0.2) is 31.2 Å². The Morgan fingerprint density at radius 1 is 1.53 bits per heavy atom. The third-order valence-corrected chi connectivity index (χ3v) is 3.45. The Hall–Kier alpha value is -1.01.